The topological polar surface area (TPSA) is 95.5 Å². The van der Waals surface area contributed by atoms with E-state index in [1.165, 1.54) is 6.26 Å². The van der Waals surface area contributed by atoms with Crippen molar-refractivity contribution in [2.75, 3.05) is 6.61 Å². The highest BCUT2D eigenvalue weighted by molar-refractivity contribution is 5.76. The quantitative estimate of drug-likeness (QED) is 0.865. The van der Waals surface area contributed by atoms with Crippen LogP contribution in [0.1, 0.15) is 37.8 Å². The number of furan rings is 1. The maximum atomic E-state index is 13.9. The first-order valence-electron chi connectivity index (χ1n) is 7.93. The monoisotopic (exact) mass is 351 g/mol. The molecule has 8 nitrogen and oxygen atoms in total. The zero-order valence-electron chi connectivity index (χ0n) is 13.6. The van der Waals surface area contributed by atoms with Crippen LogP contribution in [-0.4, -0.2) is 21.6 Å². The first kappa shape index (κ1) is 17.2. The second-order valence-electron chi connectivity index (χ2n) is 5.83. The van der Waals surface area contributed by atoms with Crippen molar-refractivity contribution in [3.63, 3.8) is 0 Å². The molecule has 1 N–H and O–H groups in total. The summed E-state index contributed by atoms with van der Waals surface area (Å²) >= 11 is 0. The van der Waals surface area contributed by atoms with Crippen molar-refractivity contribution in [3.8, 4) is 0 Å². The van der Waals surface area contributed by atoms with Crippen LogP contribution in [0.15, 0.2) is 38.6 Å². The van der Waals surface area contributed by atoms with Crippen LogP contribution in [0.25, 0.3) is 0 Å². The first-order chi connectivity index (χ1) is 12.0. The summed E-state index contributed by atoms with van der Waals surface area (Å²) in [4.78, 5) is 36.6. The lowest BCUT2D eigenvalue weighted by molar-refractivity contribution is -0.122. The number of carbonyl (C=O) groups is 1. The lowest BCUT2D eigenvalue weighted by Crippen LogP contribution is -2.45. The summed E-state index contributed by atoms with van der Waals surface area (Å²) in [5.74, 6) is -1.19. The molecule has 0 aromatic carbocycles. The molecule has 9 heteroatoms. The predicted octanol–water partition coefficient (Wildman–Crippen LogP) is 0.928. The van der Waals surface area contributed by atoms with Gasteiger partial charge in [-0.25, -0.2) is 9.36 Å². The van der Waals surface area contributed by atoms with E-state index in [1.807, 2.05) is 0 Å². The van der Waals surface area contributed by atoms with Crippen molar-refractivity contribution in [1.29, 1.82) is 0 Å². The molecule has 2 aromatic rings. The number of nitrogens with zero attached hydrogens (tertiary/aromatic N) is 2. The van der Waals surface area contributed by atoms with Crippen molar-refractivity contribution in [3.05, 3.63) is 57.0 Å². The summed E-state index contributed by atoms with van der Waals surface area (Å²) in [7, 11) is 0. The van der Waals surface area contributed by atoms with Gasteiger partial charge < -0.3 is 14.5 Å². The highest BCUT2D eigenvalue weighted by Crippen LogP contribution is 2.20. The normalized spacial score (nSPS) is 18.2. The maximum absolute atomic E-state index is 13.9. The summed E-state index contributed by atoms with van der Waals surface area (Å²) in [6.45, 7) is 1.56. The molecule has 134 valence electrons. The lowest BCUT2D eigenvalue weighted by Gasteiger charge is -2.16. The summed E-state index contributed by atoms with van der Waals surface area (Å²) < 4.78 is 26.0. The molecular formula is C16H18FN3O5. The number of hydrogen-bond donors (Lipinski definition) is 1. The van der Waals surface area contributed by atoms with Crippen molar-refractivity contribution in [2.45, 2.75) is 38.6 Å². The van der Waals surface area contributed by atoms with Gasteiger partial charge in [0, 0.05) is 6.61 Å². The van der Waals surface area contributed by atoms with Crippen LogP contribution in [0.4, 0.5) is 4.39 Å². The van der Waals surface area contributed by atoms with Gasteiger partial charge in [-0.3, -0.25) is 14.2 Å². The Kier molecular flexibility index (Phi) is 4.84. The molecule has 1 saturated heterocycles. The largest absolute Gasteiger partial charge is 0.467 e. The molecule has 1 fully saturated rings. The van der Waals surface area contributed by atoms with Crippen molar-refractivity contribution >= 4 is 5.91 Å². The third kappa shape index (κ3) is 3.55. The number of hydrogen-bond acceptors (Lipinski definition) is 5. The Morgan fingerprint density at radius 3 is 2.92 bits per heavy atom. The molecule has 0 saturated carbocycles. The van der Waals surface area contributed by atoms with Gasteiger partial charge in [0.05, 0.1) is 18.5 Å². The number of amides is 1. The van der Waals surface area contributed by atoms with Crippen molar-refractivity contribution in [2.24, 2.45) is 0 Å². The van der Waals surface area contributed by atoms with E-state index < -0.39 is 41.8 Å². The minimum absolute atomic E-state index is 0.452. The predicted molar refractivity (Wildman–Crippen MR) is 84.4 cm³/mol. The zero-order chi connectivity index (χ0) is 18.0. The molecule has 2 aromatic heterocycles. The Morgan fingerprint density at radius 1 is 1.48 bits per heavy atom. The number of carbonyl (C=O) groups excluding carboxylic acids is 1. The third-order valence-electron chi connectivity index (χ3n) is 4.02. The Morgan fingerprint density at radius 2 is 2.28 bits per heavy atom. The molecule has 3 rings (SSSR count). The van der Waals surface area contributed by atoms with Crippen molar-refractivity contribution in [1.82, 2.24) is 14.5 Å². The van der Waals surface area contributed by atoms with Crippen LogP contribution in [0.3, 0.4) is 0 Å². The van der Waals surface area contributed by atoms with Crippen LogP contribution < -0.4 is 16.6 Å². The van der Waals surface area contributed by atoms with Crippen LogP contribution >= 0.6 is 0 Å². The number of nitrogens with one attached hydrogen (secondary N) is 1. The Hall–Kier alpha value is -2.68. The van der Waals surface area contributed by atoms with E-state index in [0.29, 0.717) is 23.4 Å². The zero-order valence-corrected chi connectivity index (χ0v) is 13.6. The van der Waals surface area contributed by atoms with E-state index in [-0.39, 0.29) is 0 Å². The molecule has 3 heterocycles. The van der Waals surface area contributed by atoms with Crippen LogP contribution in [-0.2, 0) is 16.1 Å². The summed E-state index contributed by atoms with van der Waals surface area (Å²) in [6, 6.07) is 2.91. The molecule has 0 bridgehead atoms. The van der Waals surface area contributed by atoms with E-state index in [0.717, 1.165) is 17.2 Å². The van der Waals surface area contributed by atoms with E-state index in [1.54, 1.807) is 19.1 Å². The van der Waals surface area contributed by atoms with Gasteiger partial charge in [-0.1, -0.05) is 0 Å². The van der Waals surface area contributed by atoms with Gasteiger partial charge in [-0.15, -0.1) is 0 Å². The summed E-state index contributed by atoms with van der Waals surface area (Å²) in [5.41, 5.74) is -1.92. The van der Waals surface area contributed by atoms with E-state index in [4.69, 9.17) is 9.15 Å². The molecular weight excluding hydrogens is 333 g/mol. The summed E-state index contributed by atoms with van der Waals surface area (Å²) in [5, 5.41) is 2.60. The third-order valence-corrected chi connectivity index (χ3v) is 4.02. The standard InChI is InChI=1S/C16H18FN3O5/c1-10(12-4-2-6-24-12)18-13(21)9-20-15(22)11(17)8-19(16(20)23)14-5-3-7-25-14/h2,4,6,8,10,14H,3,5,7,9H2,1H3,(H,18,21)/t10-,14+/m1/s1. The fraction of sp³-hybridized carbons (Fsp3) is 0.438. The average molecular weight is 351 g/mol. The van der Waals surface area contributed by atoms with Gasteiger partial charge in [0.1, 0.15) is 18.5 Å². The highest BCUT2D eigenvalue weighted by atomic mass is 19.1. The van der Waals surface area contributed by atoms with Crippen LogP contribution in [0.2, 0.25) is 0 Å². The number of rotatable bonds is 5. The number of halogens is 1. The van der Waals surface area contributed by atoms with Gasteiger partial charge in [0.15, 0.2) is 0 Å². The van der Waals surface area contributed by atoms with Gasteiger partial charge in [0.2, 0.25) is 11.7 Å². The molecule has 0 aliphatic carbocycles. The fourth-order valence-corrected chi connectivity index (χ4v) is 2.75. The molecule has 0 unspecified atom stereocenters. The van der Waals surface area contributed by atoms with Gasteiger partial charge in [-0.2, -0.15) is 4.39 Å². The van der Waals surface area contributed by atoms with E-state index in [9.17, 15) is 18.8 Å². The minimum Gasteiger partial charge on any atom is -0.467 e. The van der Waals surface area contributed by atoms with Crippen LogP contribution in [0.5, 0.6) is 0 Å². The minimum atomic E-state index is -1.14. The van der Waals surface area contributed by atoms with Gasteiger partial charge in [0.25, 0.3) is 5.56 Å². The number of aromatic nitrogens is 2. The maximum Gasteiger partial charge on any atom is 0.333 e. The molecule has 0 radical (unpaired) electrons. The second-order valence-corrected chi connectivity index (χ2v) is 5.83. The molecule has 25 heavy (non-hydrogen) atoms. The number of ether oxygens (including phenoxy) is 1. The van der Waals surface area contributed by atoms with E-state index in [2.05, 4.69) is 5.32 Å². The van der Waals surface area contributed by atoms with Crippen LogP contribution in [0, 0.1) is 5.82 Å². The van der Waals surface area contributed by atoms with Crippen molar-refractivity contribution < 1.29 is 18.3 Å². The smallest absolute Gasteiger partial charge is 0.333 e. The molecule has 1 amide bonds. The molecule has 2 atom stereocenters. The molecule has 0 spiro atoms. The fourth-order valence-electron chi connectivity index (χ4n) is 2.75. The Bertz CT molecular complexity index is 865. The average Bonchev–Trinajstić information content (AvgIpc) is 3.28. The second kappa shape index (κ2) is 7.06. The Labute approximate surface area is 141 Å². The highest BCUT2D eigenvalue weighted by Gasteiger charge is 2.23. The summed E-state index contributed by atoms with van der Waals surface area (Å²) in [6.07, 6.45) is 2.95. The lowest BCUT2D eigenvalue weighted by atomic mass is 10.2. The Balaban J connectivity index is 1.82. The molecule has 1 aliphatic rings. The SMILES string of the molecule is C[C@@H](NC(=O)Cn1c(=O)c(F)cn([C@@H]2CCCO2)c1=O)c1ccco1. The first-order valence-corrected chi connectivity index (χ1v) is 7.93. The van der Waals surface area contributed by atoms with Gasteiger partial charge in [-0.05, 0) is 31.9 Å². The molecule has 1 aliphatic heterocycles. The van der Waals surface area contributed by atoms with E-state index >= 15 is 0 Å². The van der Waals surface area contributed by atoms with Gasteiger partial charge >= 0.3 is 5.69 Å².